The number of aliphatic imine (C=N–C) groups is 1. The van der Waals surface area contributed by atoms with Crippen LogP contribution in [-0.4, -0.2) is 63.6 Å². The summed E-state index contributed by atoms with van der Waals surface area (Å²) in [6.07, 6.45) is 4.62. The molecule has 1 N–H and O–H groups in total. The summed E-state index contributed by atoms with van der Waals surface area (Å²) in [4.78, 5) is 6.53. The fraction of sp³-hybridized carbons (Fsp3) is 0.667. The van der Waals surface area contributed by atoms with Crippen molar-refractivity contribution in [2.75, 3.05) is 39.5 Å². The highest BCUT2D eigenvalue weighted by Crippen LogP contribution is 2.44. The average Bonchev–Trinajstić information content (AvgIpc) is 3.15. The van der Waals surface area contributed by atoms with Crippen molar-refractivity contribution in [3.05, 3.63) is 29.8 Å². The van der Waals surface area contributed by atoms with E-state index in [9.17, 15) is 8.42 Å². The van der Waals surface area contributed by atoms with Gasteiger partial charge in [0.05, 0.1) is 17.6 Å². The molecular formula is C21H33N3O3S. The van der Waals surface area contributed by atoms with Crippen LogP contribution >= 0.6 is 0 Å². The lowest BCUT2D eigenvalue weighted by atomic mass is 9.78. The highest BCUT2D eigenvalue weighted by atomic mass is 32.2. The van der Waals surface area contributed by atoms with Gasteiger partial charge in [-0.05, 0) is 32.8 Å². The van der Waals surface area contributed by atoms with Crippen molar-refractivity contribution in [2.45, 2.75) is 49.7 Å². The normalized spacial score (nSPS) is 23.4. The summed E-state index contributed by atoms with van der Waals surface area (Å²) >= 11 is 0. The van der Waals surface area contributed by atoms with Crippen LogP contribution in [0.5, 0.6) is 5.75 Å². The number of guanidine groups is 1. The smallest absolute Gasteiger partial charge is 0.193 e. The number of para-hydroxylation sites is 1. The molecule has 1 saturated heterocycles. The molecule has 2 fully saturated rings. The predicted molar refractivity (Wildman–Crippen MR) is 114 cm³/mol. The van der Waals surface area contributed by atoms with E-state index >= 15 is 0 Å². The Balaban J connectivity index is 1.78. The number of hydrogen-bond donors (Lipinski definition) is 1. The standard InChI is InChI=1S/C21H33N3O3S/c1-20(2)16-24(13-14-28(20,25)26)19(22-3)23-15-21(11-7-8-12-21)17-9-5-6-10-18(17)27-4/h5-6,9-10H,7-8,11-16H2,1-4H3,(H,22,23). The van der Waals surface area contributed by atoms with E-state index < -0.39 is 14.6 Å². The largest absolute Gasteiger partial charge is 0.496 e. The van der Waals surface area contributed by atoms with Gasteiger partial charge in [-0.25, -0.2) is 8.42 Å². The van der Waals surface area contributed by atoms with Crippen molar-refractivity contribution in [2.24, 2.45) is 4.99 Å². The van der Waals surface area contributed by atoms with Crippen LogP contribution in [0, 0.1) is 0 Å². The topological polar surface area (TPSA) is 71.0 Å². The molecule has 0 aromatic heterocycles. The first kappa shape index (κ1) is 21.0. The Labute approximate surface area is 169 Å². The Hall–Kier alpha value is -1.76. The minimum Gasteiger partial charge on any atom is -0.496 e. The number of methoxy groups -OCH3 is 1. The van der Waals surface area contributed by atoms with E-state index in [4.69, 9.17) is 4.74 Å². The zero-order valence-corrected chi connectivity index (χ0v) is 18.3. The first-order chi connectivity index (χ1) is 13.2. The zero-order valence-electron chi connectivity index (χ0n) is 17.5. The second-order valence-corrected chi connectivity index (χ2v) is 11.3. The van der Waals surface area contributed by atoms with Gasteiger partial charge in [-0.2, -0.15) is 0 Å². The van der Waals surface area contributed by atoms with Crippen LogP contribution in [0.3, 0.4) is 0 Å². The minimum atomic E-state index is -3.07. The Kier molecular flexibility index (Phi) is 5.94. The average molecular weight is 408 g/mol. The van der Waals surface area contributed by atoms with E-state index in [1.165, 1.54) is 18.4 Å². The van der Waals surface area contributed by atoms with Crippen molar-refractivity contribution in [3.63, 3.8) is 0 Å². The van der Waals surface area contributed by atoms with Crippen LogP contribution in [0.1, 0.15) is 45.1 Å². The summed E-state index contributed by atoms with van der Waals surface area (Å²) in [6, 6.07) is 8.28. The highest BCUT2D eigenvalue weighted by molar-refractivity contribution is 7.92. The Morgan fingerprint density at radius 1 is 1.25 bits per heavy atom. The molecule has 0 spiro atoms. The van der Waals surface area contributed by atoms with Crippen LogP contribution in [0.2, 0.25) is 0 Å². The van der Waals surface area contributed by atoms with E-state index in [0.29, 0.717) is 13.1 Å². The molecule has 0 bridgehead atoms. The van der Waals surface area contributed by atoms with Gasteiger partial charge in [-0.3, -0.25) is 4.99 Å². The number of hydrogen-bond acceptors (Lipinski definition) is 4. The summed E-state index contributed by atoms with van der Waals surface area (Å²) in [7, 11) is 0.422. The number of nitrogens with zero attached hydrogens (tertiary/aromatic N) is 2. The van der Waals surface area contributed by atoms with E-state index in [-0.39, 0.29) is 11.2 Å². The molecule has 1 saturated carbocycles. The molecule has 0 amide bonds. The number of rotatable bonds is 4. The number of sulfone groups is 1. The van der Waals surface area contributed by atoms with Crippen molar-refractivity contribution >= 4 is 15.8 Å². The lowest BCUT2D eigenvalue weighted by Crippen LogP contribution is -2.58. The maximum Gasteiger partial charge on any atom is 0.193 e. The lowest BCUT2D eigenvalue weighted by molar-refractivity contribution is 0.339. The van der Waals surface area contributed by atoms with Crippen LogP contribution in [0.4, 0.5) is 0 Å². The quantitative estimate of drug-likeness (QED) is 0.614. The van der Waals surface area contributed by atoms with E-state index in [1.54, 1.807) is 28.0 Å². The molecular weight excluding hydrogens is 374 g/mol. The molecule has 2 aliphatic rings. The molecule has 1 aromatic rings. The molecule has 1 aliphatic heterocycles. The number of benzene rings is 1. The summed E-state index contributed by atoms with van der Waals surface area (Å²) in [5, 5.41) is 3.56. The second-order valence-electron chi connectivity index (χ2n) is 8.59. The summed E-state index contributed by atoms with van der Waals surface area (Å²) < 4.78 is 29.5. The summed E-state index contributed by atoms with van der Waals surface area (Å²) in [6.45, 7) is 5.30. The monoisotopic (exact) mass is 407 g/mol. The van der Waals surface area contributed by atoms with Crippen molar-refractivity contribution in [3.8, 4) is 5.75 Å². The van der Waals surface area contributed by atoms with Crippen LogP contribution < -0.4 is 10.1 Å². The van der Waals surface area contributed by atoms with Gasteiger partial charge in [0, 0.05) is 37.7 Å². The van der Waals surface area contributed by atoms with Gasteiger partial charge in [0.25, 0.3) is 0 Å². The maximum absolute atomic E-state index is 12.3. The molecule has 1 aliphatic carbocycles. The molecule has 156 valence electrons. The fourth-order valence-corrected chi connectivity index (χ4v) is 5.95. The van der Waals surface area contributed by atoms with Gasteiger partial charge >= 0.3 is 0 Å². The number of ether oxygens (including phenoxy) is 1. The molecule has 3 rings (SSSR count). The molecule has 28 heavy (non-hydrogen) atoms. The van der Waals surface area contributed by atoms with Gasteiger partial charge in [-0.1, -0.05) is 31.0 Å². The van der Waals surface area contributed by atoms with Gasteiger partial charge in [0.15, 0.2) is 15.8 Å². The van der Waals surface area contributed by atoms with E-state index in [1.807, 2.05) is 12.1 Å². The van der Waals surface area contributed by atoms with Gasteiger partial charge in [0.1, 0.15) is 5.75 Å². The van der Waals surface area contributed by atoms with Crippen LogP contribution in [-0.2, 0) is 15.3 Å². The van der Waals surface area contributed by atoms with Crippen molar-refractivity contribution in [1.82, 2.24) is 10.2 Å². The van der Waals surface area contributed by atoms with Gasteiger partial charge < -0.3 is 15.0 Å². The third-order valence-electron chi connectivity index (χ3n) is 6.38. The molecule has 0 unspecified atom stereocenters. The summed E-state index contributed by atoms with van der Waals surface area (Å²) in [5.41, 5.74) is 1.26. The maximum atomic E-state index is 12.3. The van der Waals surface area contributed by atoms with Gasteiger partial charge in [-0.15, -0.1) is 0 Å². The first-order valence-electron chi connectivity index (χ1n) is 10.1. The second kappa shape index (κ2) is 7.93. The summed E-state index contributed by atoms with van der Waals surface area (Å²) in [5.74, 6) is 1.88. The Morgan fingerprint density at radius 3 is 2.54 bits per heavy atom. The highest BCUT2D eigenvalue weighted by Gasteiger charge is 2.42. The van der Waals surface area contributed by atoms with Crippen LogP contribution in [0.15, 0.2) is 29.3 Å². The first-order valence-corrected chi connectivity index (χ1v) is 11.7. The predicted octanol–water partition coefficient (Wildman–Crippen LogP) is 2.59. The minimum absolute atomic E-state index is 0.0138. The SMILES string of the molecule is CN=C(NCC1(c2ccccc2OC)CCCC1)N1CCS(=O)(=O)C(C)(C)C1. The molecule has 0 atom stereocenters. The molecule has 1 aromatic carbocycles. The Morgan fingerprint density at radius 2 is 1.93 bits per heavy atom. The molecule has 7 heteroatoms. The molecule has 0 radical (unpaired) electrons. The molecule has 1 heterocycles. The van der Waals surface area contributed by atoms with Crippen molar-refractivity contribution < 1.29 is 13.2 Å². The van der Waals surface area contributed by atoms with Crippen LogP contribution in [0.25, 0.3) is 0 Å². The fourth-order valence-electron chi connectivity index (χ4n) is 4.58. The number of nitrogens with one attached hydrogen (secondary N) is 1. The zero-order chi connectivity index (χ0) is 20.4. The third-order valence-corrected chi connectivity index (χ3v) is 8.91. The van der Waals surface area contributed by atoms with Gasteiger partial charge in [0.2, 0.25) is 0 Å². The van der Waals surface area contributed by atoms with E-state index in [0.717, 1.165) is 31.1 Å². The third kappa shape index (κ3) is 3.86. The lowest BCUT2D eigenvalue weighted by Gasteiger charge is -2.40. The molecule has 6 nitrogen and oxygen atoms in total. The van der Waals surface area contributed by atoms with Crippen molar-refractivity contribution in [1.29, 1.82) is 0 Å². The van der Waals surface area contributed by atoms with E-state index in [2.05, 4.69) is 27.3 Å². The Bertz CT molecular complexity index is 827.